The topological polar surface area (TPSA) is 55.1 Å². The van der Waals surface area contributed by atoms with Gasteiger partial charge in [0.25, 0.3) is 0 Å². The quantitative estimate of drug-likeness (QED) is 0.788. The van der Waals surface area contributed by atoms with Crippen LogP contribution in [0.1, 0.15) is 15.9 Å². The second kappa shape index (κ2) is 6.25. The van der Waals surface area contributed by atoms with Gasteiger partial charge in [-0.2, -0.15) is 0 Å². The Labute approximate surface area is 130 Å². The Bertz CT molecular complexity index is 616. The van der Waals surface area contributed by atoms with Crippen molar-refractivity contribution in [3.8, 4) is 0 Å². The van der Waals surface area contributed by atoms with Crippen molar-refractivity contribution in [2.75, 3.05) is 5.32 Å². The summed E-state index contributed by atoms with van der Waals surface area (Å²) in [6.07, 6.45) is 0. The summed E-state index contributed by atoms with van der Waals surface area (Å²) in [6.45, 7) is 0.499. The van der Waals surface area contributed by atoms with Gasteiger partial charge in [0.15, 0.2) is 0 Å². The molecule has 98 valence electrons. The number of carbonyl (C=O) groups excluding carboxylic acids is 1. The van der Waals surface area contributed by atoms with Crippen molar-refractivity contribution < 1.29 is 4.79 Å². The molecule has 2 rings (SSSR count). The first-order valence-corrected chi connectivity index (χ1v) is 7.10. The van der Waals surface area contributed by atoms with Gasteiger partial charge in [-0.25, -0.2) is 0 Å². The molecule has 0 aliphatic rings. The average molecular weight is 387 g/mol. The molecule has 19 heavy (non-hydrogen) atoms. The van der Waals surface area contributed by atoms with Crippen molar-refractivity contribution in [1.82, 2.24) is 0 Å². The van der Waals surface area contributed by atoms with Gasteiger partial charge in [-0.15, -0.1) is 0 Å². The van der Waals surface area contributed by atoms with Crippen molar-refractivity contribution in [1.29, 1.82) is 0 Å². The Kier molecular flexibility index (Phi) is 4.66. The molecule has 0 aromatic heterocycles. The lowest BCUT2D eigenvalue weighted by molar-refractivity contribution is 0.0999. The summed E-state index contributed by atoms with van der Waals surface area (Å²) in [7, 11) is 0. The Morgan fingerprint density at radius 1 is 1.26 bits per heavy atom. The van der Waals surface area contributed by atoms with Crippen LogP contribution in [0.15, 0.2) is 42.5 Å². The zero-order valence-corrected chi connectivity index (χ0v) is 12.9. The molecule has 0 atom stereocenters. The second-order valence-corrected chi connectivity index (χ2v) is 5.65. The van der Waals surface area contributed by atoms with Gasteiger partial charge in [0.05, 0.1) is 10.7 Å². The van der Waals surface area contributed by atoms with E-state index in [4.69, 9.17) is 17.3 Å². The summed E-state index contributed by atoms with van der Waals surface area (Å²) in [5.41, 5.74) is 7.55. The number of primary amides is 1. The van der Waals surface area contributed by atoms with Gasteiger partial charge in [0, 0.05) is 15.7 Å². The predicted octanol–water partition coefficient (Wildman–Crippen LogP) is 3.66. The van der Waals surface area contributed by atoms with Crippen LogP contribution in [-0.2, 0) is 6.54 Å². The third kappa shape index (κ3) is 3.61. The molecular formula is C14H12ClIN2O. The SMILES string of the molecule is NC(=O)c1ccccc1CNc1ccc(I)cc1Cl. The number of nitrogens with two attached hydrogens (primary N) is 1. The third-order valence-corrected chi connectivity index (χ3v) is 3.67. The van der Waals surface area contributed by atoms with Crippen LogP contribution >= 0.6 is 34.2 Å². The predicted molar refractivity (Wildman–Crippen MR) is 86.5 cm³/mol. The van der Waals surface area contributed by atoms with Crippen LogP contribution in [0.25, 0.3) is 0 Å². The number of nitrogens with one attached hydrogen (secondary N) is 1. The van der Waals surface area contributed by atoms with Gasteiger partial charge < -0.3 is 11.1 Å². The highest BCUT2D eigenvalue weighted by Crippen LogP contribution is 2.24. The fourth-order valence-corrected chi connectivity index (χ4v) is 2.66. The number of benzene rings is 2. The third-order valence-electron chi connectivity index (χ3n) is 2.68. The highest BCUT2D eigenvalue weighted by Gasteiger charge is 2.07. The highest BCUT2D eigenvalue weighted by molar-refractivity contribution is 14.1. The Balaban J connectivity index is 2.17. The Morgan fingerprint density at radius 3 is 2.68 bits per heavy atom. The molecule has 3 nitrogen and oxygen atoms in total. The van der Waals surface area contributed by atoms with Crippen LogP contribution in [0, 0.1) is 3.57 Å². The van der Waals surface area contributed by atoms with E-state index in [0.717, 1.165) is 14.8 Å². The number of rotatable bonds is 4. The van der Waals surface area contributed by atoms with Crippen LogP contribution in [-0.4, -0.2) is 5.91 Å². The first-order chi connectivity index (χ1) is 9.08. The Morgan fingerprint density at radius 2 is 2.00 bits per heavy atom. The number of halogens is 2. The molecule has 3 N–H and O–H groups in total. The van der Waals surface area contributed by atoms with Gasteiger partial charge in [-0.05, 0) is 52.4 Å². The molecule has 0 saturated heterocycles. The molecule has 0 bridgehead atoms. The van der Waals surface area contributed by atoms with Crippen molar-refractivity contribution >= 4 is 45.8 Å². The summed E-state index contributed by atoms with van der Waals surface area (Å²) in [5.74, 6) is -0.425. The maximum Gasteiger partial charge on any atom is 0.249 e. The van der Waals surface area contributed by atoms with Crippen LogP contribution in [0.4, 0.5) is 5.69 Å². The molecule has 0 aliphatic heterocycles. The van der Waals surface area contributed by atoms with Gasteiger partial charge in [-0.1, -0.05) is 29.8 Å². The molecule has 0 unspecified atom stereocenters. The minimum absolute atomic E-state index is 0.425. The van der Waals surface area contributed by atoms with E-state index in [1.54, 1.807) is 12.1 Å². The van der Waals surface area contributed by atoms with Crippen LogP contribution in [0.2, 0.25) is 5.02 Å². The molecule has 0 spiro atoms. The maximum atomic E-state index is 11.3. The van der Waals surface area contributed by atoms with Crippen LogP contribution in [0.3, 0.4) is 0 Å². The molecule has 0 saturated carbocycles. The molecule has 0 heterocycles. The number of hydrogen-bond acceptors (Lipinski definition) is 2. The van der Waals surface area contributed by atoms with E-state index >= 15 is 0 Å². The molecule has 2 aromatic carbocycles. The van der Waals surface area contributed by atoms with Crippen molar-refractivity contribution in [2.24, 2.45) is 5.73 Å². The zero-order valence-electron chi connectivity index (χ0n) is 9.99. The van der Waals surface area contributed by atoms with Crippen LogP contribution in [0.5, 0.6) is 0 Å². The Hall–Kier alpha value is -1.27. The minimum Gasteiger partial charge on any atom is -0.380 e. The van der Waals surface area contributed by atoms with Gasteiger partial charge in [-0.3, -0.25) is 4.79 Å². The number of hydrogen-bond donors (Lipinski definition) is 2. The first-order valence-electron chi connectivity index (χ1n) is 5.64. The van der Waals surface area contributed by atoms with E-state index in [1.165, 1.54) is 0 Å². The molecule has 0 aliphatic carbocycles. The lowest BCUT2D eigenvalue weighted by Crippen LogP contribution is -2.15. The average Bonchev–Trinajstić information content (AvgIpc) is 2.38. The van der Waals surface area contributed by atoms with Gasteiger partial charge in [0.1, 0.15) is 0 Å². The lowest BCUT2D eigenvalue weighted by atomic mass is 10.1. The summed E-state index contributed by atoms with van der Waals surface area (Å²) in [4.78, 5) is 11.3. The molecule has 0 fully saturated rings. The van der Waals surface area contributed by atoms with E-state index in [2.05, 4.69) is 27.9 Å². The fraction of sp³-hybridized carbons (Fsp3) is 0.0714. The van der Waals surface area contributed by atoms with Gasteiger partial charge in [0.2, 0.25) is 5.91 Å². The number of anilines is 1. The summed E-state index contributed by atoms with van der Waals surface area (Å²) in [6, 6.07) is 13.0. The smallest absolute Gasteiger partial charge is 0.249 e. The first kappa shape index (κ1) is 14.1. The highest BCUT2D eigenvalue weighted by atomic mass is 127. The lowest BCUT2D eigenvalue weighted by Gasteiger charge is -2.11. The van der Waals surface area contributed by atoms with Crippen molar-refractivity contribution in [3.05, 3.63) is 62.2 Å². The molecule has 0 radical (unpaired) electrons. The molecule has 1 amide bonds. The van der Waals surface area contributed by atoms with Crippen LogP contribution < -0.4 is 11.1 Å². The minimum atomic E-state index is -0.425. The standard InChI is InChI=1S/C14H12ClIN2O/c15-12-7-10(16)5-6-13(12)18-8-9-3-1-2-4-11(9)14(17)19/h1-7,18H,8H2,(H2,17,19). The van der Waals surface area contributed by atoms with Crippen molar-refractivity contribution in [2.45, 2.75) is 6.54 Å². The van der Waals surface area contributed by atoms with E-state index in [-0.39, 0.29) is 0 Å². The summed E-state index contributed by atoms with van der Waals surface area (Å²) >= 11 is 8.34. The second-order valence-electron chi connectivity index (χ2n) is 4.00. The van der Waals surface area contributed by atoms with E-state index in [0.29, 0.717) is 17.1 Å². The normalized spacial score (nSPS) is 10.2. The number of amides is 1. The maximum absolute atomic E-state index is 11.3. The van der Waals surface area contributed by atoms with Gasteiger partial charge >= 0.3 is 0 Å². The number of carbonyl (C=O) groups is 1. The fourth-order valence-electron chi connectivity index (χ4n) is 1.74. The van der Waals surface area contributed by atoms with E-state index < -0.39 is 5.91 Å². The monoisotopic (exact) mass is 386 g/mol. The molecular weight excluding hydrogens is 375 g/mol. The zero-order chi connectivity index (χ0) is 13.8. The van der Waals surface area contributed by atoms with Crippen molar-refractivity contribution in [3.63, 3.8) is 0 Å². The largest absolute Gasteiger partial charge is 0.380 e. The summed E-state index contributed by atoms with van der Waals surface area (Å²) in [5, 5.41) is 3.86. The summed E-state index contributed by atoms with van der Waals surface area (Å²) < 4.78 is 1.07. The molecule has 5 heteroatoms. The molecule has 2 aromatic rings. The van der Waals surface area contributed by atoms with E-state index in [1.807, 2.05) is 30.3 Å². The van der Waals surface area contributed by atoms with E-state index in [9.17, 15) is 4.79 Å².